The first kappa shape index (κ1) is 19.6. The maximum Gasteiger partial charge on any atom is 0.255 e. The fourth-order valence-electron chi connectivity index (χ4n) is 3.07. The molecule has 0 spiro atoms. The summed E-state index contributed by atoms with van der Waals surface area (Å²) in [7, 11) is 0. The Kier molecular flexibility index (Phi) is 6.09. The SMILES string of the molecule is CC(C)C(=O)Nc1cccc(NC(=O)c2cccc(CN3CCCC3=O)c2)c1. The highest BCUT2D eigenvalue weighted by Crippen LogP contribution is 2.18. The molecular formula is C22H25N3O3. The molecule has 0 aliphatic carbocycles. The average Bonchev–Trinajstić information content (AvgIpc) is 3.06. The maximum atomic E-state index is 12.6. The third-order valence-electron chi connectivity index (χ3n) is 4.65. The van der Waals surface area contributed by atoms with Crippen LogP contribution in [-0.4, -0.2) is 29.2 Å². The van der Waals surface area contributed by atoms with E-state index in [-0.39, 0.29) is 23.6 Å². The molecule has 1 saturated heterocycles. The summed E-state index contributed by atoms with van der Waals surface area (Å²) in [5.41, 5.74) is 2.70. The zero-order chi connectivity index (χ0) is 20.1. The molecule has 0 saturated carbocycles. The molecule has 2 N–H and O–H groups in total. The van der Waals surface area contributed by atoms with Gasteiger partial charge in [0.15, 0.2) is 0 Å². The van der Waals surface area contributed by atoms with Gasteiger partial charge in [-0.1, -0.05) is 32.0 Å². The molecule has 3 amide bonds. The number of hydrogen-bond acceptors (Lipinski definition) is 3. The Labute approximate surface area is 164 Å². The molecule has 3 rings (SSSR count). The van der Waals surface area contributed by atoms with Gasteiger partial charge in [0, 0.05) is 42.4 Å². The fourth-order valence-corrected chi connectivity index (χ4v) is 3.07. The second-order valence-electron chi connectivity index (χ2n) is 7.30. The number of nitrogens with zero attached hydrogens (tertiary/aromatic N) is 1. The third kappa shape index (κ3) is 4.97. The van der Waals surface area contributed by atoms with E-state index in [0.29, 0.717) is 29.9 Å². The first-order chi connectivity index (χ1) is 13.4. The van der Waals surface area contributed by atoms with E-state index in [0.717, 1.165) is 18.5 Å². The lowest BCUT2D eigenvalue weighted by Gasteiger charge is -2.16. The molecular weight excluding hydrogens is 354 g/mol. The van der Waals surface area contributed by atoms with Crippen molar-refractivity contribution in [3.05, 3.63) is 59.7 Å². The molecule has 146 valence electrons. The van der Waals surface area contributed by atoms with Crippen molar-refractivity contribution >= 4 is 29.1 Å². The Morgan fingerprint density at radius 1 is 1.04 bits per heavy atom. The summed E-state index contributed by atoms with van der Waals surface area (Å²) in [5, 5.41) is 5.68. The molecule has 0 atom stereocenters. The smallest absolute Gasteiger partial charge is 0.255 e. The Bertz CT molecular complexity index is 892. The van der Waals surface area contributed by atoms with Crippen LogP contribution in [0.4, 0.5) is 11.4 Å². The molecule has 1 fully saturated rings. The van der Waals surface area contributed by atoms with E-state index in [2.05, 4.69) is 10.6 Å². The highest BCUT2D eigenvalue weighted by molar-refractivity contribution is 6.04. The van der Waals surface area contributed by atoms with E-state index in [4.69, 9.17) is 0 Å². The van der Waals surface area contributed by atoms with E-state index >= 15 is 0 Å². The number of hydrogen-bond donors (Lipinski definition) is 2. The third-order valence-corrected chi connectivity index (χ3v) is 4.65. The first-order valence-corrected chi connectivity index (χ1v) is 9.51. The van der Waals surface area contributed by atoms with Gasteiger partial charge < -0.3 is 15.5 Å². The molecule has 0 aromatic heterocycles. The number of carbonyl (C=O) groups excluding carboxylic acids is 3. The second-order valence-corrected chi connectivity index (χ2v) is 7.30. The van der Waals surface area contributed by atoms with Crippen molar-refractivity contribution < 1.29 is 14.4 Å². The van der Waals surface area contributed by atoms with Crippen LogP contribution in [0.25, 0.3) is 0 Å². The highest BCUT2D eigenvalue weighted by atomic mass is 16.2. The molecule has 1 heterocycles. The molecule has 28 heavy (non-hydrogen) atoms. The predicted octanol–water partition coefficient (Wildman–Crippen LogP) is 3.66. The number of benzene rings is 2. The van der Waals surface area contributed by atoms with Gasteiger partial charge in [0.25, 0.3) is 5.91 Å². The van der Waals surface area contributed by atoms with Crippen LogP contribution in [0.3, 0.4) is 0 Å². The van der Waals surface area contributed by atoms with E-state index < -0.39 is 0 Å². The van der Waals surface area contributed by atoms with Crippen LogP contribution >= 0.6 is 0 Å². The second kappa shape index (κ2) is 8.69. The van der Waals surface area contributed by atoms with Gasteiger partial charge in [0.1, 0.15) is 0 Å². The zero-order valence-electron chi connectivity index (χ0n) is 16.2. The summed E-state index contributed by atoms with van der Waals surface area (Å²) in [6.45, 7) is 4.94. The average molecular weight is 379 g/mol. The molecule has 1 aliphatic rings. The van der Waals surface area contributed by atoms with Crippen LogP contribution in [0.1, 0.15) is 42.6 Å². The van der Waals surface area contributed by atoms with Crippen molar-refractivity contribution in [3.63, 3.8) is 0 Å². The van der Waals surface area contributed by atoms with Crippen molar-refractivity contribution in [1.29, 1.82) is 0 Å². The first-order valence-electron chi connectivity index (χ1n) is 9.51. The quantitative estimate of drug-likeness (QED) is 0.804. The number of likely N-dealkylation sites (tertiary alicyclic amines) is 1. The molecule has 2 aromatic carbocycles. The molecule has 6 heteroatoms. The molecule has 0 radical (unpaired) electrons. The summed E-state index contributed by atoms with van der Waals surface area (Å²) in [4.78, 5) is 38.1. The van der Waals surface area contributed by atoms with E-state index in [1.165, 1.54) is 0 Å². The van der Waals surface area contributed by atoms with Gasteiger partial charge in [0.05, 0.1) is 0 Å². The van der Waals surface area contributed by atoms with Gasteiger partial charge in [-0.2, -0.15) is 0 Å². The van der Waals surface area contributed by atoms with Gasteiger partial charge in [-0.05, 0) is 42.3 Å². The van der Waals surface area contributed by atoms with Gasteiger partial charge >= 0.3 is 0 Å². The predicted molar refractivity (Wildman–Crippen MR) is 109 cm³/mol. The standard InChI is InChI=1S/C22H25N3O3/c1-15(2)21(27)23-18-8-4-9-19(13-18)24-22(28)17-7-3-6-16(12-17)14-25-11-5-10-20(25)26/h3-4,6-9,12-13,15H,5,10-11,14H2,1-2H3,(H,23,27)(H,24,28). The molecule has 0 bridgehead atoms. The summed E-state index contributed by atoms with van der Waals surface area (Å²) < 4.78 is 0. The maximum absolute atomic E-state index is 12.6. The van der Waals surface area contributed by atoms with Crippen LogP contribution in [0.5, 0.6) is 0 Å². The Morgan fingerprint density at radius 2 is 1.75 bits per heavy atom. The van der Waals surface area contributed by atoms with Crippen LogP contribution in [0, 0.1) is 5.92 Å². The molecule has 6 nitrogen and oxygen atoms in total. The summed E-state index contributed by atoms with van der Waals surface area (Å²) >= 11 is 0. The van der Waals surface area contributed by atoms with E-state index in [9.17, 15) is 14.4 Å². The summed E-state index contributed by atoms with van der Waals surface area (Å²) in [6.07, 6.45) is 1.49. The Morgan fingerprint density at radius 3 is 2.43 bits per heavy atom. The fraction of sp³-hybridized carbons (Fsp3) is 0.318. The number of anilines is 2. The normalized spacial score (nSPS) is 13.7. The van der Waals surface area contributed by atoms with Crippen molar-refractivity contribution in [2.45, 2.75) is 33.2 Å². The largest absolute Gasteiger partial charge is 0.338 e. The highest BCUT2D eigenvalue weighted by Gasteiger charge is 2.20. The lowest BCUT2D eigenvalue weighted by Crippen LogP contribution is -2.24. The minimum Gasteiger partial charge on any atom is -0.338 e. The summed E-state index contributed by atoms with van der Waals surface area (Å²) in [5.74, 6) is -0.270. The van der Waals surface area contributed by atoms with Crippen molar-refractivity contribution in [2.75, 3.05) is 17.2 Å². The minimum absolute atomic E-state index is 0.0763. The topological polar surface area (TPSA) is 78.5 Å². The number of carbonyl (C=O) groups is 3. The van der Waals surface area contributed by atoms with Crippen molar-refractivity contribution in [1.82, 2.24) is 4.90 Å². The summed E-state index contributed by atoms with van der Waals surface area (Å²) in [6, 6.07) is 14.4. The number of amides is 3. The molecule has 2 aromatic rings. The Balaban J connectivity index is 1.67. The number of nitrogens with one attached hydrogen (secondary N) is 2. The van der Waals surface area contributed by atoms with Crippen LogP contribution in [0.2, 0.25) is 0 Å². The van der Waals surface area contributed by atoms with E-state index in [1.807, 2.05) is 36.9 Å². The number of rotatable bonds is 6. The minimum atomic E-state index is -0.234. The van der Waals surface area contributed by atoms with E-state index in [1.54, 1.807) is 30.3 Å². The Hall–Kier alpha value is -3.15. The van der Waals surface area contributed by atoms with Gasteiger partial charge in [-0.15, -0.1) is 0 Å². The zero-order valence-corrected chi connectivity index (χ0v) is 16.2. The van der Waals surface area contributed by atoms with Crippen LogP contribution in [-0.2, 0) is 16.1 Å². The molecule has 0 unspecified atom stereocenters. The van der Waals surface area contributed by atoms with Crippen molar-refractivity contribution in [2.24, 2.45) is 5.92 Å². The lowest BCUT2D eigenvalue weighted by molar-refractivity contribution is -0.128. The van der Waals surface area contributed by atoms with Gasteiger partial charge in [-0.3, -0.25) is 14.4 Å². The van der Waals surface area contributed by atoms with Crippen LogP contribution in [0.15, 0.2) is 48.5 Å². The molecule has 1 aliphatic heterocycles. The lowest BCUT2D eigenvalue weighted by atomic mass is 10.1. The van der Waals surface area contributed by atoms with Crippen LogP contribution < -0.4 is 10.6 Å². The van der Waals surface area contributed by atoms with Crippen molar-refractivity contribution in [3.8, 4) is 0 Å². The monoisotopic (exact) mass is 379 g/mol. The van der Waals surface area contributed by atoms with Gasteiger partial charge in [-0.25, -0.2) is 0 Å². The van der Waals surface area contributed by atoms with Gasteiger partial charge in [0.2, 0.25) is 11.8 Å².